The smallest absolute Gasteiger partial charge is 0.206 e. The van der Waals surface area contributed by atoms with E-state index in [-0.39, 0.29) is 0 Å². The molecule has 0 bridgehead atoms. The summed E-state index contributed by atoms with van der Waals surface area (Å²) in [5, 5.41) is 0.703. The number of rotatable bonds is 3. The predicted molar refractivity (Wildman–Crippen MR) is 86.4 cm³/mol. The molecule has 5 heteroatoms. The summed E-state index contributed by atoms with van der Waals surface area (Å²) >= 11 is 6.22. The number of hydrogen-bond acceptors (Lipinski definition) is 3. The van der Waals surface area contributed by atoms with Crippen molar-refractivity contribution in [2.45, 2.75) is 13.8 Å². The maximum Gasteiger partial charge on any atom is 0.206 e. The molecular formula is C16H16ClN3O. The molecule has 3 rings (SSSR count). The Balaban J connectivity index is 2.25. The van der Waals surface area contributed by atoms with Crippen molar-refractivity contribution in [1.82, 2.24) is 9.55 Å². The van der Waals surface area contributed by atoms with E-state index in [4.69, 9.17) is 22.1 Å². The van der Waals surface area contributed by atoms with Gasteiger partial charge in [-0.25, -0.2) is 4.98 Å². The van der Waals surface area contributed by atoms with Gasteiger partial charge in [0.15, 0.2) is 0 Å². The fourth-order valence-corrected chi connectivity index (χ4v) is 2.53. The molecule has 2 aromatic carbocycles. The van der Waals surface area contributed by atoms with Crippen LogP contribution in [0.25, 0.3) is 16.7 Å². The van der Waals surface area contributed by atoms with Crippen molar-refractivity contribution in [3.05, 3.63) is 47.0 Å². The number of nitrogen functional groups attached to an aromatic ring is 1. The van der Waals surface area contributed by atoms with E-state index in [2.05, 4.69) is 4.98 Å². The van der Waals surface area contributed by atoms with Gasteiger partial charge in [0.2, 0.25) is 5.95 Å². The average Bonchev–Trinajstić information content (AvgIpc) is 2.80. The van der Waals surface area contributed by atoms with E-state index < -0.39 is 0 Å². The fourth-order valence-electron chi connectivity index (χ4n) is 2.36. The minimum Gasteiger partial charge on any atom is -0.492 e. The molecule has 0 aliphatic heterocycles. The van der Waals surface area contributed by atoms with Crippen LogP contribution in [-0.2, 0) is 0 Å². The van der Waals surface area contributed by atoms with Crippen LogP contribution in [0.3, 0.4) is 0 Å². The number of aryl methyl sites for hydroxylation is 1. The Labute approximate surface area is 128 Å². The largest absolute Gasteiger partial charge is 0.492 e. The minimum atomic E-state index is 0.414. The molecule has 0 aliphatic carbocycles. The van der Waals surface area contributed by atoms with Gasteiger partial charge in [-0.3, -0.25) is 4.57 Å². The van der Waals surface area contributed by atoms with Gasteiger partial charge in [-0.05, 0) is 43.7 Å². The van der Waals surface area contributed by atoms with Gasteiger partial charge in [0, 0.05) is 5.02 Å². The average molecular weight is 302 g/mol. The molecule has 2 N–H and O–H groups in total. The third kappa shape index (κ3) is 2.32. The van der Waals surface area contributed by atoms with Crippen LogP contribution in [0.15, 0.2) is 36.4 Å². The van der Waals surface area contributed by atoms with Crippen molar-refractivity contribution in [3.8, 4) is 11.4 Å². The molecule has 0 aliphatic rings. The number of nitrogens with zero attached hydrogens (tertiary/aromatic N) is 2. The van der Waals surface area contributed by atoms with E-state index in [1.54, 1.807) is 0 Å². The highest BCUT2D eigenvalue weighted by Crippen LogP contribution is 2.31. The van der Waals surface area contributed by atoms with Gasteiger partial charge in [0.05, 0.1) is 17.8 Å². The number of para-hydroxylation sites is 1. The van der Waals surface area contributed by atoms with Crippen molar-refractivity contribution in [2.75, 3.05) is 12.3 Å². The normalized spacial score (nSPS) is 11.0. The van der Waals surface area contributed by atoms with Crippen molar-refractivity contribution < 1.29 is 4.74 Å². The number of ether oxygens (including phenoxy) is 1. The number of fused-ring (bicyclic) bond motifs is 1. The third-order valence-electron chi connectivity index (χ3n) is 3.39. The molecule has 0 unspecified atom stereocenters. The molecule has 21 heavy (non-hydrogen) atoms. The second-order valence-corrected chi connectivity index (χ2v) is 5.20. The molecular weight excluding hydrogens is 286 g/mol. The van der Waals surface area contributed by atoms with Gasteiger partial charge >= 0.3 is 0 Å². The monoisotopic (exact) mass is 301 g/mol. The number of imidazole rings is 1. The topological polar surface area (TPSA) is 53.1 Å². The molecule has 0 fully saturated rings. The number of anilines is 1. The molecule has 3 aromatic rings. The maximum absolute atomic E-state index is 6.22. The van der Waals surface area contributed by atoms with Crippen LogP contribution >= 0.6 is 11.6 Å². The lowest BCUT2D eigenvalue weighted by atomic mass is 10.2. The van der Waals surface area contributed by atoms with E-state index in [0.29, 0.717) is 17.6 Å². The lowest BCUT2D eigenvalue weighted by Gasteiger charge is -2.09. The highest BCUT2D eigenvalue weighted by molar-refractivity contribution is 6.31. The van der Waals surface area contributed by atoms with Crippen LogP contribution < -0.4 is 10.5 Å². The van der Waals surface area contributed by atoms with Crippen molar-refractivity contribution in [2.24, 2.45) is 0 Å². The van der Waals surface area contributed by atoms with Gasteiger partial charge in [-0.2, -0.15) is 0 Å². The summed E-state index contributed by atoms with van der Waals surface area (Å²) in [5.41, 5.74) is 9.67. The zero-order valence-electron chi connectivity index (χ0n) is 11.9. The van der Waals surface area contributed by atoms with Crippen molar-refractivity contribution >= 4 is 28.6 Å². The standard InChI is InChI=1S/C16H16ClN3O/c1-3-21-14-6-4-5-13-15(14)19-16(18)20(13)11-8-7-10(2)12(17)9-11/h4-9H,3H2,1-2H3,(H2,18,19). The molecule has 0 radical (unpaired) electrons. The summed E-state index contributed by atoms with van der Waals surface area (Å²) < 4.78 is 7.49. The summed E-state index contributed by atoms with van der Waals surface area (Å²) in [4.78, 5) is 4.43. The number of hydrogen-bond donors (Lipinski definition) is 1. The Kier molecular flexibility index (Phi) is 3.47. The second kappa shape index (κ2) is 5.30. The molecule has 1 heterocycles. The van der Waals surface area contributed by atoms with E-state index in [0.717, 1.165) is 28.0 Å². The second-order valence-electron chi connectivity index (χ2n) is 4.80. The highest BCUT2D eigenvalue weighted by Gasteiger charge is 2.14. The number of aromatic nitrogens is 2. The first-order valence-corrected chi connectivity index (χ1v) is 7.16. The third-order valence-corrected chi connectivity index (χ3v) is 3.79. The molecule has 4 nitrogen and oxygen atoms in total. The number of halogens is 1. The Morgan fingerprint density at radius 3 is 2.81 bits per heavy atom. The first-order chi connectivity index (χ1) is 10.1. The zero-order chi connectivity index (χ0) is 15.0. The van der Waals surface area contributed by atoms with E-state index in [1.807, 2.05) is 54.8 Å². The van der Waals surface area contributed by atoms with Crippen LogP contribution in [0.2, 0.25) is 5.02 Å². The Morgan fingerprint density at radius 2 is 2.10 bits per heavy atom. The lowest BCUT2D eigenvalue weighted by Crippen LogP contribution is -2.00. The van der Waals surface area contributed by atoms with Crippen molar-refractivity contribution in [1.29, 1.82) is 0 Å². The lowest BCUT2D eigenvalue weighted by molar-refractivity contribution is 0.344. The SMILES string of the molecule is CCOc1cccc2c1nc(N)n2-c1ccc(C)c(Cl)c1. The first-order valence-electron chi connectivity index (χ1n) is 6.78. The van der Waals surface area contributed by atoms with Crippen LogP contribution in [0, 0.1) is 6.92 Å². The summed E-state index contributed by atoms with van der Waals surface area (Å²) in [6.07, 6.45) is 0. The summed E-state index contributed by atoms with van der Waals surface area (Å²) in [6, 6.07) is 11.6. The Morgan fingerprint density at radius 1 is 1.29 bits per heavy atom. The highest BCUT2D eigenvalue weighted by atomic mass is 35.5. The maximum atomic E-state index is 6.22. The zero-order valence-corrected chi connectivity index (χ0v) is 12.7. The molecule has 0 spiro atoms. The number of benzene rings is 2. The summed E-state index contributed by atoms with van der Waals surface area (Å²) in [7, 11) is 0. The summed E-state index contributed by atoms with van der Waals surface area (Å²) in [6.45, 7) is 4.50. The molecule has 1 aromatic heterocycles. The van der Waals surface area contributed by atoms with Crippen LogP contribution in [0.1, 0.15) is 12.5 Å². The Hall–Kier alpha value is -2.20. The van der Waals surface area contributed by atoms with E-state index in [9.17, 15) is 0 Å². The minimum absolute atomic E-state index is 0.414. The van der Waals surface area contributed by atoms with Crippen molar-refractivity contribution in [3.63, 3.8) is 0 Å². The van der Waals surface area contributed by atoms with Crippen LogP contribution in [-0.4, -0.2) is 16.2 Å². The molecule has 108 valence electrons. The number of nitrogens with two attached hydrogens (primary N) is 1. The van der Waals surface area contributed by atoms with E-state index in [1.165, 1.54) is 0 Å². The molecule has 0 atom stereocenters. The molecule has 0 saturated heterocycles. The molecule has 0 amide bonds. The molecule has 0 saturated carbocycles. The van der Waals surface area contributed by atoms with Gasteiger partial charge in [-0.15, -0.1) is 0 Å². The van der Waals surface area contributed by atoms with E-state index >= 15 is 0 Å². The van der Waals surface area contributed by atoms with Gasteiger partial charge in [0.1, 0.15) is 11.3 Å². The Bertz CT molecular complexity index is 811. The van der Waals surface area contributed by atoms with Gasteiger partial charge in [0.25, 0.3) is 0 Å². The first kappa shape index (κ1) is 13.8. The fraction of sp³-hybridized carbons (Fsp3) is 0.188. The van der Waals surface area contributed by atoms with Crippen LogP contribution in [0.5, 0.6) is 5.75 Å². The van der Waals surface area contributed by atoms with Crippen LogP contribution in [0.4, 0.5) is 5.95 Å². The quantitative estimate of drug-likeness (QED) is 0.796. The summed E-state index contributed by atoms with van der Waals surface area (Å²) in [5.74, 6) is 1.15. The van der Waals surface area contributed by atoms with Gasteiger partial charge in [-0.1, -0.05) is 23.7 Å². The predicted octanol–water partition coefficient (Wildman–Crippen LogP) is 3.97. The van der Waals surface area contributed by atoms with Gasteiger partial charge < -0.3 is 10.5 Å².